The number of likely N-dealkylation sites (N-methyl/N-ethyl adjacent to an activating group) is 1. The van der Waals surface area contributed by atoms with E-state index in [1.54, 1.807) is 11.9 Å². The summed E-state index contributed by atoms with van der Waals surface area (Å²) in [4.78, 5) is 37.8. The fourth-order valence-corrected chi connectivity index (χ4v) is 3.90. The Kier molecular flexibility index (Phi) is 4.17. The van der Waals surface area contributed by atoms with Crippen molar-refractivity contribution in [1.82, 2.24) is 19.6 Å². The number of guanidine groups is 1. The molecule has 0 bridgehead atoms. The van der Waals surface area contributed by atoms with Gasteiger partial charge in [-0.3, -0.25) is 9.69 Å². The van der Waals surface area contributed by atoms with E-state index in [0.717, 1.165) is 23.8 Å². The zero-order chi connectivity index (χ0) is 19.3. The third kappa shape index (κ3) is 2.78. The van der Waals surface area contributed by atoms with Crippen LogP contribution in [-0.2, 0) is 11.3 Å². The van der Waals surface area contributed by atoms with E-state index in [9.17, 15) is 9.59 Å². The Morgan fingerprint density at radius 2 is 1.81 bits per heavy atom. The Bertz CT molecular complexity index is 832. The lowest BCUT2D eigenvalue weighted by molar-refractivity contribution is -0.137. The number of fused-ring (bicyclic) bond motifs is 3. The minimum absolute atomic E-state index is 0.193. The van der Waals surface area contributed by atoms with Gasteiger partial charge < -0.3 is 14.7 Å². The highest BCUT2D eigenvalue weighted by Gasteiger charge is 2.54. The molecule has 4 rings (SSSR count). The first-order chi connectivity index (χ1) is 12.9. The second-order valence-corrected chi connectivity index (χ2v) is 7.77. The molecule has 1 aromatic carbocycles. The monoisotopic (exact) mass is 367 g/mol. The molecular formula is C20H25N5O2. The van der Waals surface area contributed by atoms with Crippen LogP contribution in [0.2, 0.25) is 0 Å². The molecule has 0 aliphatic carbocycles. The average molecular weight is 367 g/mol. The lowest BCUT2D eigenvalue weighted by Gasteiger charge is -2.40. The van der Waals surface area contributed by atoms with Crippen molar-refractivity contribution in [2.75, 3.05) is 13.6 Å². The number of carbonyl (C=O) groups excluding carboxylic acids is 2. The van der Waals surface area contributed by atoms with Gasteiger partial charge in [-0.25, -0.2) is 9.79 Å². The quantitative estimate of drug-likeness (QED) is 0.819. The van der Waals surface area contributed by atoms with Crippen molar-refractivity contribution in [3.05, 3.63) is 47.8 Å². The van der Waals surface area contributed by atoms with Crippen LogP contribution in [0, 0.1) is 5.92 Å². The maximum atomic E-state index is 13.3. The summed E-state index contributed by atoms with van der Waals surface area (Å²) >= 11 is 0. The van der Waals surface area contributed by atoms with Gasteiger partial charge in [0.15, 0.2) is 12.2 Å². The molecule has 0 N–H and O–H groups in total. The fourth-order valence-electron chi connectivity index (χ4n) is 3.90. The number of allylic oxidation sites excluding steroid dienone is 1. The maximum absolute atomic E-state index is 13.3. The number of benzene rings is 1. The molecule has 1 saturated heterocycles. The molecule has 2 unspecified atom stereocenters. The third-order valence-corrected chi connectivity index (χ3v) is 5.23. The number of urea groups is 1. The molecule has 3 amide bonds. The Morgan fingerprint density at radius 3 is 2.48 bits per heavy atom. The van der Waals surface area contributed by atoms with E-state index < -0.39 is 12.2 Å². The molecule has 7 heteroatoms. The first-order valence-electron chi connectivity index (χ1n) is 9.32. The van der Waals surface area contributed by atoms with Crippen LogP contribution in [0.5, 0.6) is 0 Å². The molecule has 3 aliphatic heterocycles. The molecule has 2 atom stereocenters. The summed E-state index contributed by atoms with van der Waals surface area (Å²) < 4.78 is 0. The summed E-state index contributed by atoms with van der Waals surface area (Å²) in [6.45, 7) is 7.44. The zero-order valence-corrected chi connectivity index (χ0v) is 16.2. The summed E-state index contributed by atoms with van der Waals surface area (Å²) in [5, 5.41) is 0. The Balaban J connectivity index is 1.63. The first-order valence-corrected chi connectivity index (χ1v) is 9.32. The summed E-state index contributed by atoms with van der Waals surface area (Å²) in [6.07, 6.45) is 1.50. The Morgan fingerprint density at radius 1 is 1.11 bits per heavy atom. The van der Waals surface area contributed by atoms with E-state index in [-0.39, 0.29) is 18.5 Å². The zero-order valence-electron chi connectivity index (χ0n) is 16.2. The highest BCUT2D eigenvalue weighted by atomic mass is 16.2. The molecular weight excluding hydrogens is 342 g/mol. The van der Waals surface area contributed by atoms with E-state index in [1.165, 1.54) is 4.90 Å². The third-order valence-electron chi connectivity index (χ3n) is 5.23. The van der Waals surface area contributed by atoms with Crippen molar-refractivity contribution >= 4 is 17.9 Å². The number of carbonyl (C=O) groups is 2. The van der Waals surface area contributed by atoms with Crippen LogP contribution in [0.4, 0.5) is 4.79 Å². The lowest BCUT2D eigenvalue weighted by atomic mass is 10.1. The van der Waals surface area contributed by atoms with Gasteiger partial charge in [-0.2, -0.15) is 0 Å². The molecule has 1 aromatic rings. The summed E-state index contributed by atoms with van der Waals surface area (Å²) in [5.41, 5.74) is 2.00. The second-order valence-electron chi connectivity index (χ2n) is 7.77. The van der Waals surface area contributed by atoms with Crippen molar-refractivity contribution in [1.29, 1.82) is 0 Å². The number of hydrogen-bond donors (Lipinski definition) is 0. The summed E-state index contributed by atoms with van der Waals surface area (Å²) in [5.74, 6) is 1.04. The molecule has 3 aliphatic rings. The molecule has 1 fully saturated rings. The van der Waals surface area contributed by atoms with Gasteiger partial charge in [-0.1, -0.05) is 44.2 Å². The predicted octanol–water partition coefficient (Wildman–Crippen LogP) is 2.28. The van der Waals surface area contributed by atoms with Crippen molar-refractivity contribution in [2.24, 2.45) is 10.9 Å². The highest BCUT2D eigenvalue weighted by Crippen LogP contribution is 2.34. The molecule has 0 saturated carbocycles. The van der Waals surface area contributed by atoms with Gasteiger partial charge in [0.1, 0.15) is 0 Å². The number of aliphatic imine (C=N–C) groups is 1. The van der Waals surface area contributed by atoms with Crippen molar-refractivity contribution in [3.63, 3.8) is 0 Å². The van der Waals surface area contributed by atoms with E-state index in [4.69, 9.17) is 4.99 Å². The standard InChI is InChI=1S/C20H25N5O2/c1-13(2)10-23-14(3)11-24-16-17(21-19(23)24)22(4)20(27)25(18(16)26)12-15-8-6-5-7-9-15/h5-9,11,13,16-17H,10,12H2,1-4H3. The number of amides is 3. The minimum atomic E-state index is -0.501. The molecule has 27 heavy (non-hydrogen) atoms. The highest BCUT2D eigenvalue weighted by molar-refractivity contribution is 6.04. The first kappa shape index (κ1) is 17.6. The molecule has 0 aromatic heterocycles. The molecule has 3 heterocycles. The van der Waals surface area contributed by atoms with E-state index >= 15 is 0 Å². The molecule has 7 nitrogen and oxygen atoms in total. The van der Waals surface area contributed by atoms with Crippen molar-refractivity contribution < 1.29 is 9.59 Å². The smallest absolute Gasteiger partial charge is 0.315 e. The minimum Gasteiger partial charge on any atom is -0.315 e. The maximum Gasteiger partial charge on any atom is 0.328 e. The van der Waals surface area contributed by atoms with Crippen LogP contribution in [0.1, 0.15) is 26.3 Å². The van der Waals surface area contributed by atoms with Crippen molar-refractivity contribution in [2.45, 2.75) is 39.5 Å². The van der Waals surface area contributed by atoms with Gasteiger partial charge in [0.2, 0.25) is 5.96 Å². The number of imide groups is 1. The van der Waals surface area contributed by atoms with Gasteiger partial charge in [0.25, 0.3) is 5.91 Å². The van der Waals surface area contributed by atoms with Crippen LogP contribution in [-0.4, -0.2) is 63.3 Å². The van der Waals surface area contributed by atoms with E-state index in [0.29, 0.717) is 5.92 Å². The number of nitrogens with zero attached hydrogens (tertiary/aromatic N) is 5. The van der Waals surface area contributed by atoms with E-state index in [1.807, 2.05) is 48.4 Å². The topological polar surface area (TPSA) is 59.5 Å². The number of hydrogen-bond acceptors (Lipinski definition) is 5. The van der Waals surface area contributed by atoms with Crippen LogP contribution in [0.15, 0.2) is 47.2 Å². The molecule has 0 spiro atoms. The van der Waals surface area contributed by atoms with Gasteiger partial charge in [0, 0.05) is 25.5 Å². The second kappa shape index (κ2) is 6.40. The fraction of sp³-hybridized carbons (Fsp3) is 0.450. The van der Waals surface area contributed by atoms with Gasteiger partial charge in [-0.05, 0) is 18.4 Å². The average Bonchev–Trinajstić information content (AvgIpc) is 3.14. The van der Waals surface area contributed by atoms with Gasteiger partial charge in [-0.15, -0.1) is 0 Å². The van der Waals surface area contributed by atoms with Crippen LogP contribution >= 0.6 is 0 Å². The lowest BCUT2D eigenvalue weighted by Crippen LogP contribution is -2.63. The molecule has 0 radical (unpaired) electrons. The number of rotatable bonds is 4. The predicted molar refractivity (Wildman–Crippen MR) is 102 cm³/mol. The molecule has 142 valence electrons. The van der Waals surface area contributed by atoms with Crippen LogP contribution < -0.4 is 0 Å². The van der Waals surface area contributed by atoms with Crippen LogP contribution in [0.25, 0.3) is 0 Å². The summed E-state index contributed by atoms with van der Waals surface area (Å²) in [6, 6.07) is 8.79. The normalized spacial score (nSPS) is 24.5. The largest absolute Gasteiger partial charge is 0.328 e. The van der Waals surface area contributed by atoms with Crippen molar-refractivity contribution in [3.8, 4) is 0 Å². The Labute approximate surface area is 159 Å². The van der Waals surface area contributed by atoms with Gasteiger partial charge >= 0.3 is 6.03 Å². The SMILES string of the molecule is CC1=CN2C(=NC3C2C(=O)N(Cc2ccccc2)C(=O)N3C)N1CC(C)C. The summed E-state index contributed by atoms with van der Waals surface area (Å²) in [7, 11) is 1.72. The van der Waals surface area contributed by atoms with E-state index in [2.05, 4.69) is 18.7 Å². The Hall–Kier alpha value is -2.83. The van der Waals surface area contributed by atoms with Crippen LogP contribution in [0.3, 0.4) is 0 Å². The van der Waals surface area contributed by atoms with Gasteiger partial charge in [0.05, 0.1) is 6.54 Å².